The Kier molecular flexibility index (Phi) is 7.24. The van der Waals surface area contributed by atoms with Gasteiger partial charge in [-0.3, -0.25) is 14.5 Å². The van der Waals surface area contributed by atoms with Crippen molar-refractivity contribution in [1.29, 1.82) is 0 Å². The molecule has 0 N–H and O–H groups in total. The van der Waals surface area contributed by atoms with Gasteiger partial charge < -0.3 is 9.47 Å². The van der Waals surface area contributed by atoms with Crippen molar-refractivity contribution in [1.82, 2.24) is 4.90 Å². The maximum absolute atomic E-state index is 13.9. The fourth-order valence-corrected chi connectivity index (χ4v) is 8.92. The number of ketones is 2. The summed E-state index contributed by atoms with van der Waals surface area (Å²) in [5.74, 6) is 3.67. The molecule has 1 aromatic rings. The van der Waals surface area contributed by atoms with Gasteiger partial charge in [0.05, 0.1) is 7.11 Å². The van der Waals surface area contributed by atoms with Crippen LogP contribution in [0.5, 0.6) is 11.5 Å². The summed E-state index contributed by atoms with van der Waals surface area (Å²) in [5.41, 5.74) is 3.23. The van der Waals surface area contributed by atoms with E-state index in [1.54, 1.807) is 7.11 Å². The number of piperidine rings is 1. The van der Waals surface area contributed by atoms with Crippen LogP contribution in [0.3, 0.4) is 0 Å². The number of carbonyl (C=O) groups excluding carboxylic acids is 2. The second-order valence-corrected chi connectivity index (χ2v) is 13.3. The third kappa shape index (κ3) is 4.79. The van der Waals surface area contributed by atoms with Crippen molar-refractivity contribution in [3.8, 4) is 11.5 Å². The van der Waals surface area contributed by atoms with Crippen LogP contribution in [0.15, 0.2) is 35.4 Å². The average Bonchev–Trinajstić information content (AvgIpc) is 3.19. The predicted molar refractivity (Wildman–Crippen MR) is 154 cm³/mol. The molecule has 4 aliphatic carbocycles. The first-order valence-corrected chi connectivity index (χ1v) is 15.3. The van der Waals surface area contributed by atoms with Crippen molar-refractivity contribution in [2.24, 2.45) is 28.6 Å². The number of ether oxygens (including phenoxy) is 2. The Balaban J connectivity index is 1.20. The van der Waals surface area contributed by atoms with Crippen molar-refractivity contribution in [3.05, 3.63) is 41.0 Å². The lowest BCUT2D eigenvalue weighted by molar-refractivity contribution is -0.130. The maximum Gasteiger partial charge on any atom is 0.165 e. The fraction of sp³-hybridized carbons (Fsp3) is 0.647. The van der Waals surface area contributed by atoms with E-state index in [0.717, 1.165) is 80.8 Å². The number of allylic oxidation sites excluding steroid dienone is 2. The molecule has 6 rings (SSSR count). The zero-order chi connectivity index (χ0) is 27.2. The van der Waals surface area contributed by atoms with Gasteiger partial charge in [-0.25, -0.2) is 0 Å². The number of Topliss-reactive ketones (excluding diaryl/α,β-unsaturated/α-hetero) is 1. The first-order chi connectivity index (χ1) is 18.8. The number of hydrogen-bond acceptors (Lipinski definition) is 5. The lowest BCUT2D eigenvalue weighted by atomic mass is 9.47. The van der Waals surface area contributed by atoms with Gasteiger partial charge >= 0.3 is 0 Å². The molecule has 0 radical (unpaired) electrons. The second-order valence-electron chi connectivity index (χ2n) is 13.3. The van der Waals surface area contributed by atoms with Gasteiger partial charge in [-0.05, 0) is 123 Å². The van der Waals surface area contributed by atoms with Crippen molar-refractivity contribution < 1.29 is 19.1 Å². The summed E-state index contributed by atoms with van der Waals surface area (Å²) in [5, 5.41) is 0. The number of nitrogens with zero attached hydrogens (tertiary/aromatic N) is 1. The smallest absolute Gasteiger partial charge is 0.165 e. The molecule has 39 heavy (non-hydrogen) atoms. The minimum absolute atomic E-state index is 0.129. The van der Waals surface area contributed by atoms with E-state index in [1.807, 2.05) is 24.3 Å². The molecule has 0 aromatic heterocycles. The highest BCUT2D eigenvalue weighted by molar-refractivity contribution is 6.06. The van der Waals surface area contributed by atoms with E-state index in [0.29, 0.717) is 42.3 Å². The highest BCUT2D eigenvalue weighted by Gasteiger charge is 2.60. The summed E-state index contributed by atoms with van der Waals surface area (Å²) >= 11 is 0. The Morgan fingerprint density at radius 3 is 2.59 bits per heavy atom. The number of hydrogen-bond donors (Lipinski definition) is 0. The predicted octanol–water partition coefficient (Wildman–Crippen LogP) is 6.65. The van der Waals surface area contributed by atoms with Gasteiger partial charge in [-0.2, -0.15) is 0 Å². The molecule has 0 unspecified atom stereocenters. The Bertz CT molecular complexity index is 1190. The highest BCUT2D eigenvalue weighted by Crippen LogP contribution is 2.65. The van der Waals surface area contributed by atoms with E-state index in [-0.39, 0.29) is 10.8 Å². The first kappa shape index (κ1) is 26.8. The molecule has 1 heterocycles. The van der Waals surface area contributed by atoms with E-state index in [2.05, 4.69) is 24.8 Å². The zero-order valence-electron chi connectivity index (χ0n) is 24.1. The van der Waals surface area contributed by atoms with Crippen LogP contribution in [0.2, 0.25) is 0 Å². The summed E-state index contributed by atoms with van der Waals surface area (Å²) in [6.45, 7) is 8.52. The summed E-state index contributed by atoms with van der Waals surface area (Å²) < 4.78 is 11.8. The van der Waals surface area contributed by atoms with E-state index < -0.39 is 0 Å². The molecule has 5 heteroatoms. The number of benzene rings is 1. The van der Waals surface area contributed by atoms with Gasteiger partial charge in [-0.15, -0.1) is 0 Å². The standard InChI is InChI=1S/C34H45NO4/c1-33-13-11-26(36)22-25(33)8-9-27-28(33)12-14-34(2)29(27)21-24(32(34)37)19-23-7-10-30(38-3)31(20-23)39-18-17-35-15-5-4-6-16-35/h7,10,19-20,22,27-29H,4-6,8-9,11-18,21H2,1-3H3/b24-19+/t27-,28+,29+,33+,34+/m1/s1. The SMILES string of the molecule is COc1ccc(/C=C2\C[C@H]3[C@@H]4CCC5=CC(=O)CC[C@]5(C)[C@H]4CC[C@]3(C)C2=O)cc1OCCN1CCCCC1. The summed E-state index contributed by atoms with van der Waals surface area (Å²) in [6.07, 6.45) is 14.7. The van der Waals surface area contributed by atoms with E-state index >= 15 is 0 Å². The molecule has 5 atom stereocenters. The third-order valence-corrected chi connectivity index (χ3v) is 11.2. The van der Waals surface area contributed by atoms with Gasteiger partial charge in [0.1, 0.15) is 6.61 Å². The quantitative estimate of drug-likeness (QED) is 0.385. The number of methoxy groups -OCH3 is 1. The lowest BCUT2D eigenvalue weighted by Crippen LogP contribution is -2.50. The van der Waals surface area contributed by atoms with Crippen LogP contribution >= 0.6 is 0 Å². The first-order valence-electron chi connectivity index (χ1n) is 15.3. The second kappa shape index (κ2) is 10.5. The number of likely N-dealkylation sites (tertiary alicyclic amines) is 1. The molecule has 5 aliphatic rings. The molecular formula is C34H45NO4. The van der Waals surface area contributed by atoms with Crippen molar-refractivity contribution in [2.75, 3.05) is 33.4 Å². The van der Waals surface area contributed by atoms with E-state index in [9.17, 15) is 9.59 Å². The molecule has 0 spiro atoms. The van der Waals surface area contributed by atoms with Crippen LogP contribution in [-0.2, 0) is 9.59 Å². The minimum Gasteiger partial charge on any atom is -0.493 e. The molecule has 5 nitrogen and oxygen atoms in total. The molecule has 3 saturated carbocycles. The lowest BCUT2D eigenvalue weighted by Gasteiger charge is -2.56. The van der Waals surface area contributed by atoms with Crippen LogP contribution < -0.4 is 9.47 Å². The molecule has 4 fully saturated rings. The van der Waals surface area contributed by atoms with E-state index in [4.69, 9.17) is 9.47 Å². The number of rotatable bonds is 6. The van der Waals surface area contributed by atoms with Gasteiger partial charge in [-0.1, -0.05) is 31.9 Å². The van der Waals surface area contributed by atoms with Crippen molar-refractivity contribution in [3.63, 3.8) is 0 Å². The molecule has 0 bridgehead atoms. The van der Waals surface area contributed by atoms with Crippen LogP contribution in [0.4, 0.5) is 0 Å². The van der Waals surface area contributed by atoms with E-state index in [1.165, 1.54) is 24.8 Å². The van der Waals surface area contributed by atoms with Crippen LogP contribution in [0.25, 0.3) is 6.08 Å². The van der Waals surface area contributed by atoms with Gasteiger partial charge in [0.15, 0.2) is 23.1 Å². The van der Waals surface area contributed by atoms with Gasteiger partial charge in [0.2, 0.25) is 0 Å². The summed E-state index contributed by atoms with van der Waals surface area (Å²) in [7, 11) is 1.68. The molecular weight excluding hydrogens is 486 g/mol. The fourth-order valence-electron chi connectivity index (χ4n) is 8.92. The monoisotopic (exact) mass is 531 g/mol. The molecule has 210 valence electrons. The topological polar surface area (TPSA) is 55.8 Å². The normalized spacial score (nSPS) is 35.7. The van der Waals surface area contributed by atoms with Crippen molar-refractivity contribution >= 4 is 17.6 Å². The minimum atomic E-state index is -0.269. The molecule has 1 saturated heterocycles. The summed E-state index contributed by atoms with van der Waals surface area (Å²) in [6, 6.07) is 6.05. The van der Waals surface area contributed by atoms with Crippen LogP contribution in [0, 0.1) is 28.6 Å². The van der Waals surface area contributed by atoms with Crippen molar-refractivity contribution in [2.45, 2.75) is 78.1 Å². The Labute approximate surface area is 234 Å². The number of fused-ring (bicyclic) bond motifs is 5. The number of carbonyl (C=O) groups is 2. The Hall–Kier alpha value is -2.40. The van der Waals surface area contributed by atoms with Crippen LogP contribution in [-0.4, -0.2) is 49.8 Å². The van der Waals surface area contributed by atoms with Gasteiger partial charge in [0, 0.05) is 18.4 Å². The Morgan fingerprint density at radius 2 is 1.79 bits per heavy atom. The zero-order valence-corrected chi connectivity index (χ0v) is 24.1. The molecule has 1 aliphatic heterocycles. The highest BCUT2D eigenvalue weighted by atomic mass is 16.5. The molecule has 0 amide bonds. The molecule has 1 aromatic carbocycles. The Morgan fingerprint density at radius 1 is 0.974 bits per heavy atom. The van der Waals surface area contributed by atoms with Gasteiger partial charge in [0.25, 0.3) is 0 Å². The maximum atomic E-state index is 13.9. The average molecular weight is 532 g/mol. The third-order valence-electron chi connectivity index (χ3n) is 11.2. The van der Waals surface area contributed by atoms with Crippen LogP contribution in [0.1, 0.15) is 83.6 Å². The largest absolute Gasteiger partial charge is 0.493 e. The summed E-state index contributed by atoms with van der Waals surface area (Å²) in [4.78, 5) is 28.6.